The summed E-state index contributed by atoms with van der Waals surface area (Å²) in [4.78, 5) is 15.1. The molecule has 0 aliphatic carbocycles. The van der Waals surface area contributed by atoms with E-state index < -0.39 is 12.6 Å². The average Bonchev–Trinajstić information content (AvgIpc) is 2.71. The van der Waals surface area contributed by atoms with Crippen LogP contribution in [0, 0.1) is 6.92 Å². The first-order valence-corrected chi connectivity index (χ1v) is 8.83. The van der Waals surface area contributed by atoms with Crippen molar-refractivity contribution in [3.8, 4) is 22.6 Å². The summed E-state index contributed by atoms with van der Waals surface area (Å²) in [6, 6.07) is 17.6. The molecule has 0 saturated heterocycles. The monoisotopic (exact) mass is 378 g/mol. The van der Waals surface area contributed by atoms with Crippen LogP contribution in [-0.2, 0) is 11.3 Å². The fourth-order valence-electron chi connectivity index (χ4n) is 2.79. The summed E-state index contributed by atoms with van der Waals surface area (Å²) in [5, 5.41) is 12.1. The quantitative estimate of drug-likeness (QED) is 0.613. The molecule has 6 nitrogen and oxygen atoms in total. The average molecular weight is 378 g/mol. The first kappa shape index (κ1) is 19.2. The van der Waals surface area contributed by atoms with Gasteiger partial charge in [-0.1, -0.05) is 35.9 Å². The number of carbonyl (C=O) groups is 1. The molecular weight excluding hydrogens is 356 g/mol. The Bertz CT molecular complexity index is 955. The number of carboxylic acids is 1. The van der Waals surface area contributed by atoms with Crippen LogP contribution in [0.25, 0.3) is 11.1 Å². The summed E-state index contributed by atoms with van der Waals surface area (Å²) in [5.74, 6) is 0.612. The number of rotatable bonds is 8. The number of aromatic nitrogens is 1. The largest absolute Gasteiger partial charge is 0.493 e. The van der Waals surface area contributed by atoms with Crippen molar-refractivity contribution in [3.63, 3.8) is 0 Å². The van der Waals surface area contributed by atoms with Gasteiger partial charge in [-0.15, -0.1) is 0 Å². The Balaban J connectivity index is 1.69. The number of aliphatic carboxylic acids is 1. The molecule has 0 aliphatic heterocycles. The van der Waals surface area contributed by atoms with Crippen LogP contribution in [0.2, 0.25) is 0 Å². The Labute approximate surface area is 163 Å². The predicted molar refractivity (Wildman–Crippen MR) is 108 cm³/mol. The van der Waals surface area contributed by atoms with E-state index in [0.29, 0.717) is 18.0 Å². The Morgan fingerprint density at radius 1 is 1.07 bits per heavy atom. The summed E-state index contributed by atoms with van der Waals surface area (Å²) in [7, 11) is 1.52. The van der Waals surface area contributed by atoms with Crippen molar-refractivity contribution in [3.05, 3.63) is 71.9 Å². The molecule has 0 atom stereocenters. The third kappa shape index (κ3) is 5.01. The minimum absolute atomic E-state index is 0.387. The minimum Gasteiger partial charge on any atom is -0.493 e. The van der Waals surface area contributed by atoms with E-state index in [2.05, 4.69) is 35.4 Å². The van der Waals surface area contributed by atoms with Gasteiger partial charge in [-0.25, -0.2) is 9.78 Å². The van der Waals surface area contributed by atoms with Crippen LogP contribution in [0.5, 0.6) is 11.5 Å². The van der Waals surface area contributed by atoms with E-state index in [0.717, 1.165) is 16.9 Å². The molecule has 0 spiro atoms. The zero-order valence-corrected chi connectivity index (χ0v) is 15.8. The van der Waals surface area contributed by atoms with Gasteiger partial charge >= 0.3 is 5.97 Å². The fourth-order valence-corrected chi connectivity index (χ4v) is 2.79. The Morgan fingerprint density at radius 2 is 1.89 bits per heavy atom. The zero-order chi connectivity index (χ0) is 19.9. The molecule has 28 heavy (non-hydrogen) atoms. The second-order valence-electron chi connectivity index (χ2n) is 6.32. The number of hydrogen-bond donors (Lipinski definition) is 2. The smallest absolute Gasteiger partial charge is 0.341 e. The molecular formula is C22H22N2O4. The molecule has 0 unspecified atom stereocenters. The van der Waals surface area contributed by atoms with Gasteiger partial charge in [0.05, 0.1) is 7.11 Å². The second-order valence-corrected chi connectivity index (χ2v) is 6.32. The van der Waals surface area contributed by atoms with Crippen molar-refractivity contribution in [2.45, 2.75) is 13.5 Å². The molecule has 1 heterocycles. The van der Waals surface area contributed by atoms with Crippen LogP contribution in [0.4, 0.5) is 5.82 Å². The maximum absolute atomic E-state index is 10.7. The number of hydrogen-bond acceptors (Lipinski definition) is 5. The molecule has 1 aromatic heterocycles. The van der Waals surface area contributed by atoms with Crippen molar-refractivity contribution >= 4 is 11.8 Å². The van der Waals surface area contributed by atoms with Crippen LogP contribution in [0.15, 0.2) is 60.8 Å². The molecule has 0 saturated carbocycles. The molecule has 0 aliphatic rings. The molecule has 0 amide bonds. The van der Waals surface area contributed by atoms with Crippen molar-refractivity contribution < 1.29 is 19.4 Å². The summed E-state index contributed by atoms with van der Waals surface area (Å²) >= 11 is 0. The lowest BCUT2D eigenvalue weighted by Crippen LogP contribution is -2.10. The molecule has 3 rings (SSSR count). The van der Waals surface area contributed by atoms with Gasteiger partial charge in [-0.05, 0) is 42.3 Å². The third-order valence-corrected chi connectivity index (χ3v) is 4.17. The molecule has 144 valence electrons. The van der Waals surface area contributed by atoms with Crippen molar-refractivity contribution in [2.75, 3.05) is 19.0 Å². The van der Waals surface area contributed by atoms with Crippen LogP contribution in [-0.4, -0.2) is 29.8 Å². The minimum atomic E-state index is -1.04. The van der Waals surface area contributed by atoms with Crippen molar-refractivity contribution in [1.29, 1.82) is 0 Å². The summed E-state index contributed by atoms with van der Waals surface area (Å²) < 4.78 is 10.5. The number of ether oxygens (including phenoxy) is 2. The first-order valence-electron chi connectivity index (χ1n) is 8.83. The van der Waals surface area contributed by atoms with E-state index in [1.165, 1.54) is 18.2 Å². The highest BCUT2D eigenvalue weighted by atomic mass is 16.5. The number of nitrogens with zero attached hydrogens (tertiary/aromatic N) is 1. The standard InChI is InChI=1S/C22H22N2O4/c1-15-4-3-5-16(10-15)12-23-21-9-7-18(13-24-21)17-6-8-19(20(11-17)27-2)28-14-22(25)26/h3-11,13H,12,14H2,1-2H3,(H,23,24)(H,25,26). The molecule has 3 aromatic rings. The molecule has 6 heteroatoms. The van der Waals surface area contributed by atoms with Gasteiger partial charge in [0.2, 0.25) is 0 Å². The molecule has 2 aromatic carbocycles. The van der Waals surface area contributed by atoms with Gasteiger partial charge in [-0.3, -0.25) is 0 Å². The molecule has 2 N–H and O–H groups in total. The summed E-state index contributed by atoms with van der Waals surface area (Å²) in [6.07, 6.45) is 1.78. The van der Waals surface area contributed by atoms with Gasteiger partial charge in [0, 0.05) is 18.3 Å². The van der Waals surface area contributed by atoms with Crippen LogP contribution < -0.4 is 14.8 Å². The maximum atomic E-state index is 10.7. The lowest BCUT2D eigenvalue weighted by atomic mass is 10.1. The van der Waals surface area contributed by atoms with E-state index in [1.54, 1.807) is 18.3 Å². The number of anilines is 1. The van der Waals surface area contributed by atoms with Gasteiger partial charge in [-0.2, -0.15) is 0 Å². The fraction of sp³-hybridized carbons (Fsp3) is 0.182. The van der Waals surface area contributed by atoms with Crippen LogP contribution in [0.3, 0.4) is 0 Å². The molecule has 0 bridgehead atoms. The Morgan fingerprint density at radius 3 is 2.57 bits per heavy atom. The van der Waals surface area contributed by atoms with Gasteiger partial charge in [0.15, 0.2) is 18.1 Å². The lowest BCUT2D eigenvalue weighted by molar-refractivity contribution is -0.139. The van der Waals surface area contributed by atoms with Gasteiger partial charge < -0.3 is 19.9 Å². The Hall–Kier alpha value is -3.54. The van der Waals surface area contributed by atoms with Gasteiger partial charge in [0.25, 0.3) is 0 Å². The highest BCUT2D eigenvalue weighted by Gasteiger charge is 2.09. The van der Waals surface area contributed by atoms with E-state index in [1.807, 2.05) is 24.3 Å². The zero-order valence-electron chi connectivity index (χ0n) is 15.8. The number of methoxy groups -OCH3 is 1. The van der Waals surface area contributed by atoms with Crippen LogP contribution >= 0.6 is 0 Å². The summed E-state index contributed by atoms with van der Waals surface area (Å²) in [5.41, 5.74) is 4.25. The van der Waals surface area contributed by atoms with Crippen LogP contribution in [0.1, 0.15) is 11.1 Å². The number of pyridine rings is 1. The van der Waals surface area contributed by atoms with Gasteiger partial charge in [0.1, 0.15) is 5.82 Å². The molecule has 0 radical (unpaired) electrons. The van der Waals surface area contributed by atoms with E-state index >= 15 is 0 Å². The third-order valence-electron chi connectivity index (χ3n) is 4.17. The van der Waals surface area contributed by atoms with E-state index in [9.17, 15) is 4.79 Å². The Kier molecular flexibility index (Phi) is 6.11. The van der Waals surface area contributed by atoms with Crippen molar-refractivity contribution in [2.24, 2.45) is 0 Å². The normalized spacial score (nSPS) is 10.4. The predicted octanol–water partition coefficient (Wildman–Crippen LogP) is 4.14. The highest BCUT2D eigenvalue weighted by molar-refractivity contribution is 5.70. The lowest BCUT2D eigenvalue weighted by Gasteiger charge is -2.11. The van der Waals surface area contributed by atoms with E-state index in [-0.39, 0.29) is 0 Å². The molecule has 0 fully saturated rings. The second kappa shape index (κ2) is 8.90. The number of aryl methyl sites for hydroxylation is 1. The van der Waals surface area contributed by atoms with Crippen molar-refractivity contribution in [1.82, 2.24) is 4.98 Å². The number of carboxylic acid groups (broad SMARTS) is 1. The topological polar surface area (TPSA) is 80.7 Å². The first-order chi connectivity index (χ1) is 13.5. The highest BCUT2D eigenvalue weighted by Crippen LogP contribution is 2.32. The summed E-state index contributed by atoms with van der Waals surface area (Å²) in [6.45, 7) is 2.36. The number of benzene rings is 2. The number of nitrogens with one attached hydrogen (secondary N) is 1. The van der Waals surface area contributed by atoms with E-state index in [4.69, 9.17) is 14.6 Å². The SMILES string of the molecule is COc1cc(-c2ccc(NCc3cccc(C)c3)nc2)ccc1OCC(=O)O. The maximum Gasteiger partial charge on any atom is 0.341 e.